The minimum Gasteiger partial charge on any atom is -0.485 e. The molecule has 0 aromatic heterocycles. The lowest BCUT2D eigenvalue weighted by Crippen LogP contribution is -2.03. The average Bonchev–Trinajstić information content (AvgIpc) is 2.71. The molecule has 5 heteroatoms. The third kappa shape index (κ3) is 2.67. The Hall–Kier alpha value is -0.580. The van der Waals surface area contributed by atoms with Gasteiger partial charge in [-0.1, -0.05) is 43.5 Å². The van der Waals surface area contributed by atoms with Gasteiger partial charge in [0, 0.05) is 21.4 Å². The molecule has 0 radical (unpaired) electrons. The van der Waals surface area contributed by atoms with E-state index in [0.29, 0.717) is 12.2 Å². The van der Waals surface area contributed by atoms with Crippen LogP contribution >= 0.6 is 43.5 Å². The van der Waals surface area contributed by atoms with Crippen molar-refractivity contribution in [3.8, 4) is 5.75 Å². The van der Waals surface area contributed by atoms with Gasteiger partial charge in [-0.3, -0.25) is 0 Å². The summed E-state index contributed by atoms with van der Waals surface area (Å²) in [6.45, 7) is 0. The molecule has 0 fully saturated rings. The number of ether oxygens (including phenoxy) is 1. The first-order valence-corrected chi connectivity index (χ1v) is 7.60. The molecule has 0 amide bonds. The zero-order valence-corrected chi connectivity index (χ0v) is 13.5. The van der Waals surface area contributed by atoms with Crippen LogP contribution in [0.1, 0.15) is 17.2 Å². The van der Waals surface area contributed by atoms with Crippen molar-refractivity contribution in [1.82, 2.24) is 0 Å². The Labute approximate surface area is 132 Å². The largest absolute Gasteiger partial charge is 0.485 e. The summed E-state index contributed by atoms with van der Waals surface area (Å²) in [5, 5.41) is 0.137. The smallest absolute Gasteiger partial charge is 0.145 e. The fourth-order valence-electron chi connectivity index (χ4n) is 2.18. The van der Waals surface area contributed by atoms with Crippen LogP contribution in [-0.2, 0) is 6.42 Å². The Balaban J connectivity index is 1.95. The van der Waals surface area contributed by atoms with Crippen LogP contribution in [0.5, 0.6) is 5.75 Å². The van der Waals surface area contributed by atoms with E-state index in [1.165, 1.54) is 6.07 Å². The predicted octanol–water partition coefficient (Wildman–Crippen LogP) is 5.68. The van der Waals surface area contributed by atoms with Crippen LogP contribution in [0.15, 0.2) is 39.3 Å². The van der Waals surface area contributed by atoms with Gasteiger partial charge in [-0.05, 0) is 35.4 Å². The summed E-state index contributed by atoms with van der Waals surface area (Å²) in [6.07, 6.45) is 0.583. The molecule has 1 heterocycles. The zero-order valence-electron chi connectivity index (χ0n) is 9.59. The van der Waals surface area contributed by atoms with Crippen molar-refractivity contribution in [2.45, 2.75) is 12.5 Å². The van der Waals surface area contributed by atoms with Crippen LogP contribution in [0, 0.1) is 5.82 Å². The van der Waals surface area contributed by atoms with Crippen molar-refractivity contribution >= 4 is 43.5 Å². The molecule has 0 saturated carbocycles. The van der Waals surface area contributed by atoms with Gasteiger partial charge < -0.3 is 4.74 Å². The number of halogens is 4. The predicted molar refractivity (Wildman–Crippen MR) is 80.3 cm³/mol. The standard InChI is InChI=1S/C14H8Br2ClFO/c15-9-1-7(2-10(16)5-9)13-4-8-3-11(17)12(18)6-14(8)19-13/h1-3,5-6,13H,4H2. The Kier molecular flexibility index (Phi) is 3.58. The lowest BCUT2D eigenvalue weighted by molar-refractivity contribution is 0.238. The monoisotopic (exact) mass is 404 g/mol. The molecule has 0 spiro atoms. The van der Waals surface area contributed by atoms with E-state index in [0.717, 1.165) is 20.1 Å². The van der Waals surface area contributed by atoms with E-state index in [4.69, 9.17) is 16.3 Å². The summed E-state index contributed by atoms with van der Waals surface area (Å²) < 4.78 is 21.1. The fourth-order valence-corrected chi connectivity index (χ4v) is 3.70. The van der Waals surface area contributed by atoms with Gasteiger partial charge in [0.05, 0.1) is 5.02 Å². The maximum absolute atomic E-state index is 13.4. The second kappa shape index (κ2) is 5.08. The van der Waals surface area contributed by atoms with Gasteiger partial charge in [0.25, 0.3) is 0 Å². The molecule has 2 aromatic carbocycles. The maximum Gasteiger partial charge on any atom is 0.145 e. The number of hydrogen-bond acceptors (Lipinski definition) is 1. The number of benzene rings is 2. The van der Waals surface area contributed by atoms with Gasteiger partial charge in [-0.2, -0.15) is 0 Å². The first-order chi connectivity index (χ1) is 9.02. The lowest BCUT2D eigenvalue weighted by atomic mass is 10.0. The van der Waals surface area contributed by atoms with Gasteiger partial charge in [-0.25, -0.2) is 4.39 Å². The first kappa shape index (κ1) is 13.4. The van der Waals surface area contributed by atoms with E-state index in [1.54, 1.807) is 6.07 Å². The number of fused-ring (bicyclic) bond motifs is 1. The third-order valence-electron chi connectivity index (χ3n) is 3.03. The summed E-state index contributed by atoms with van der Waals surface area (Å²) >= 11 is 12.7. The highest BCUT2D eigenvalue weighted by atomic mass is 79.9. The van der Waals surface area contributed by atoms with Crippen molar-refractivity contribution in [3.63, 3.8) is 0 Å². The Bertz CT molecular complexity index is 609. The Morgan fingerprint density at radius 2 is 1.79 bits per heavy atom. The normalized spacial score (nSPS) is 17.2. The summed E-state index contributed by atoms with van der Waals surface area (Å²) in [5.74, 6) is 0.125. The lowest BCUT2D eigenvalue weighted by Gasteiger charge is -2.12. The summed E-state index contributed by atoms with van der Waals surface area (Å²) in [5.41, 5.74) is 1.97. The van der Waals surface area contributed by atoms with E-state index in [2.05, 4.69) is 31.9 Å². The van der Waals surface area contributed by atoms with Crippen LogP contribution in [0.4, 0.5) is 4.39 Å². The molecule has 0 N–H and O–H groups in total. The second-order valence-corrected chi connectivity index (χ2v) is 6.63. The molecule has 1 aliphatic rings. The van der Waals surface area contributed by atoms with Gasteiger partial charge in [-0.15, -0.1) is 0 Å². The van der Waals surface area contributed by atoms with Crippen LogP contribution in [0.25, 0.3) is 0 Å². The van der Waals surface area contributed by atoms with Crippen LogP contribution in [0.3, 0.4) is 0 Å². The zero-order chi connectivity index (χ0) is 13.6. The Morgan fingerprint density at radius 3 is 2.47 bits per heavy atom. The molecule has 98 valence electrons. The molecule has 1 unspecified atom stereocenters. The SMILES string of the molecule is Fc1cc2c(cc1Cl)CC(c1cc(Br)cc(Br)c1)O2. The van der Waals surface area contributed by atoms with Crippen LogP contribution in [-0.4, -0.2) is 0 Å². The molecule has 0 bridgehead atoms. The third-order valence-corrected chi connectivity index (χ3v) is 4.24. The maximum atomic E-state index is 13.4. The van der Waals surface area contributed by atoms with Gasteiger partial charge in [0.2, 0.25) is 0 Å². The van der Waals surface area contributed by atoms with Gasteiger partial charge in [0.15, 0.2) is 0 Å². The molecule has 1 aliphatic heterocycles. The summed E-state index contributed by atoms with van der Waals surface area (Å²) in [4.78, 5) is 0. The van der Waals surface area contributed by atoms with Crippen molar-refractivity contribution in [2.75, 3.05) is 0 Å². The first-order valence-electron chi connectivity index (χ1n) is 5.63. The topological polar surface area (TPSA) is 9.23 Å². The van der Waals surface area contributed by atoms with E-state index in [1.807, 2.05) is 18.2 Å². The highest BCUT2D eigenvalue weighted by molar-refractivity contribution is 9.11. The minimum absolute atomic E-state index is 0.110. The Morgan fingerprint density at radius 1 is 1.11 bits per heavy atom. The number of hydrogen-bond donors (Lipinski definition) is 0. The molecule has 0 saturated heterocycles. The van der Waals surface area contributed by atoms with Crippen LogP contribution in [0.2, 0.25) is 5.02 Å². The van der Waals surface area contributed by atoms with E-state index in [9.17, 15) is 4.39 Å². The molecule has 2 aromatic rings. The van der Waals surface area contributed by atoms with Crippen molar-refractivity contribution in [3.05, 3.63) is 61.2 Å². The second-order valence-electron chi connectivity index (χ2n) is 4.39. The van der Waals surface area contributed by atoms with E-state index in [-0.39, 0.29) is 11.1 Å². The minimum atomic E-state index is -0.448. The molecule has 1 nitrogen and oxygen atoms in total. The van der Waals surface area contributed by atoms with E-state index >= 15 is 0 Å². The number of rotatable bonds is 1. The molecule has 0 aliphatic carbocycles. The highest BCUT2D eigenvalue weighted by Crippen LogP contribution is 2.40. The van der Waals surface area contributed by atoms with Crippen molar-refractivity contribution in [1.29, 1.82) is 0 Å². The highest BCUT2D eigenvalue weighted by Gasteiger charge is 2.26. The quantitative estimate of drug-likeness (QED) is 0.592. The molecule has 3 rings (SSSR count). The summed E-state index contributed by atoms with van der Waals surface area (Å²) in [6, 6.07) is 8.95. The molecular weight excluding hydrogens is 398 g/mol. The van der Waals surface area contributed by atoms with Crippen molar-refractivity contribution in [2.24, 2.45) is 0 Å². The van der Waals surface area contributed by atoms with E-state index < -0.39 is 5.82 Å². The molecular formula is C14H8Br2ClFO. The van der Waals surface area contributed by atoms with Gasteiger partial charge >= 0.3 is 0 Å². The molecule has 19 heavy (non-hydrogen) atoms. The fraction of sp³-hybridized carbons (Fsp3) is 0.143. The van der Waals surface area contributed by atoms with Crippen LogP contribution < -0.4 is 4.74 Å². The average molecular weight is 406 g/mol. The van der Waals surface area contributed by atoms with Crippen molar-refractivity contribution < 1.29 is 9.13 Å². The molecule has 1 atom stereocenters. The van der Waals surface area contributed by atoms with Gasteiger partial charge in [0.1, 0.15) is 17.7 Å². The summed E-state index contributed by atoms with van der Waals surface area (Å²) in [7, 11) is 0.